The molecule has 0 aromatic carbocycles. The summed E-state index contributed by atoms with van der Waals surface area (Å²) in [6, 6.07) is 1.80. The van der Waals surface area contributed by atoms with Crippen LogP contribution < -0.4 is 9.64 Å². The van der Waals surface area contributed by atoms with Crippen molar-refractivity contribution in [2.24, 2.45) is 0 Å². The Kier molecular flexibility index (Phi) is 9.36. The number of ether oxygens (including phenoxy) is 1. The van der Waals surface area contributed by atoms with Crippen LogP contribution in [0.25, 0.3) is 0 Å². The Bertz CT molecular complexity index is 532. The number of hydrogen-bond acceptors (Lipinski definition) is 8. The number of anilines is 1. The Morgan fingerprint density at radius 3 is 2.48 bits per heavy atom. The van der Waals surface area contributed by atoms with Crippen LogP contribution in [0, 0.1) is 0 Å². The molecule has 1 atom stereocenters. The van der Waals surface area contributed by atoms with Crippen LogP contribution in [0.3, 0.4) is 0 Å². The smallest absolute Gasteiger partial charge is 0.313 e. The summed E-state index contributed by atoms with van der Waals surface area (Å²) in [6.45, 7) is 6.83. The van der Waals surface area contributed by atoms with Crippen molar-refractivity contribution >= 4 is 34.5 Å². The highest BCUT2D eigenvalue weighted by atomic mass is 33.1. The van der Waals surface area contributed by atoms with E-state index in [0.29, 0.717) is 30.8 Å². The van der Waals surface area contributed by atoms with Gasteiger partial charge in [0.05, 0.1) is 18.9 Å². The van der Waals surface area contributed by atoms with Crippen molar-refractivity contribution in [1.29, 1.82) is 0 Å². The van der Waals surface area contributed by atoms with Gasteiger partial charge in [-0.1, -0.05) is 29.7 Å². The van der Waals surface area contributed by atoms with Crippen molar-refractivity contribution < 1.29 is 13.8 Å². The summed E-state index contributed by atoms with van der Waals surface area (Å²) >= 11 is 2.72. The first-order valence-corrected chi connectivity index (χ1v) is 12.5. The van der Waals surface area contributed by atoms with Crippen molar-refractivity contribution in [2.75, 3.05) is 38.0 Å². The van der Waals surface area contributed by atoms with Gasteiger partial charge in [0.2, 0.25) is 11.8 Å². The Morgan fingerprint density at radius 2 is 1.91 bits per heavy atom. The summed E-state index contributed by atoms with van der Waals surface area (Å²) in [5.41, 5.74) is 0.786. The fourth-order valence-electron chi connectivity index (χ4n) is 1.57. The van der Waals surface area contributed by atoms with E-state index < -0.39 is 5.77 Å². The average molecular weight is 379 g/mol. The van der Waals surface area contributed by atoms with E-state index in [4.69, 9.17) is 9.26 Å². The van der Waals surface area contributed by atoms with Crippen LogP contribution >= 0.6 is 28.5 Å². The third-order valence-electron chi connectivity index (χ3n) is 2.55. The summed E-state index contributed by atoms with van der Waals surface area (Å²) in [6.07, 6.45) is 0.967. The zero-order chi connectivity index (χ0) is 17.3. The second-order valence-corrected chi connectivity index (χ2v) is 12.3. The summed E-state index contributed by atoms with van der Waals surface area (Å²) in [5, 5.41) is 0. The Labute approximate surface area is 147 Å². The SMILES string of the molecule is CCCSP(=O)(OCC)SCc1cc(OCC)nc(N(C)C)n1. The van der Waals surface area contributed by atoms with Gasteiger partial charge in [-0.25, -0.2) is 4.98 Å². The van der Waals surface area contributed by atoms with E-state index >= 15 is 0 Å². The molecule has 23 heavy (non-hydrogen) atoms. The van der Waals surface area contributed by atoms with E-state index in [1.807, 2.05) is 32.8 Å². The molecule has 0 fully saturated rings. The maximum Gasteiger partial charge on any atom is 0.313 e. The highest BCUT2D eigenvalue weighted by Crippen LogP contribution is 2.70. The highest BCUT2D eigenvalue weighted by Gasteiger charge is 2.24. The summed E-state index contributed by atoms with van der Waals surface area (Å²) in [4.78, 5) is 10.6. The fourth-order valence-corrected chi connectivity index (χ4v) is 8.17. The molecule has 0 N–H and O–H groups in total. The molecule has 0 saturated heterocycles. The lowest BCUT2D eigenvalue weighted by Gasteiger charge is -2.17. The quantitative estimate of drug-likeness (QED) is 0.522. The van der Waals surface area contributed by atoms with Crippen molar-refractivity contribution in [1.82, 2.24) is 9.97 Å². The van der Waals surface area contributed by atoms with Gasteiger partial charge >= 0.3 is 5.77 Å². The minimum Gasteiger partial charge on any atom is -0.478 e. The lowest BCUT2D eigenvalue weighted by atomic mass is 10.4. The number of rotatable bonds is 11. The molecule has 1 aromatic heterocycles. The molecule has 0 bridgehead atoms. The van der Waals surface area contributed by atoms with Crippen LogP contribution in [-0.2, 0) is 14.8 Å². The van der Waals surface area contributed by atoms with Gasteiger partial charge in [0.25, 0.3) is 0 Å². The number of nitrogens with zero attached hydrogens (tertiary/aromatic N) is 3. The minimum absolute atomic E-state index is 0.442. The average Bonchev–Trinajstić information content (AvgIpc) is 2.51. The number of hydrogen-bond donors (Lipinski definition) is 0. The first-order chi connectivity index (χ1) is 10.9. The molecule has 0 radical (unpaired) electrons. The van der Waals surface area contributed by atoms with Gasteiger partial charge in [-0.3, -0.25) is 4.57 Å². The molecule has 0 amide bonds. The molecule has 0 aliphatic heterocycles. The predicted molar refractivity (Wildman–Crippen MR) is 101 cm³/mol. The molecular weight excluding hydrogens is 353 g/mol. The zero-order valence-corrected chi connectivity index (χ0v) is 17.0. The second-order valence-electron chi connectivity index (χ2n) is 4.80. The van der Waals surface area contributed by atoms with Crippen LogP contribution in [0.4, 0.5) is 5.95 Å². The minimum atomic E-state index is -2.75. The van der Waals surface area contributed by atoms with Crippen LogP contribution in [0.5, 0.6) is 5.88 Å². The lowest BCUT2D eigenvalue weighted by Crippen LogP contribution is -2.14. The Balaban J connectivity index is 2.87. The molecule has 6 nitrogen and oxygen atoms in total. The summed E-state index contributed by atoms with van der Waals surface area (Å²) in [7, 11) is 3.76. The molecular formula is C14H26N3O3PS2. The maximum absolute atomic E-state index is 12.8. The van der Waals surface area contributed by atoms with Crippen molar-refractivity contribution in [3.8, 4) is 5.88 Å². The van der Waals surface area contributed by atoms with Crippen molar-refractivity contribution in [3.05, 3.63) is 11.8 Å². The Morgan fingerprint density at radius 1 is 1.17 bits per heavy atom. The van der Waals surface area contributed by atoms with E-state index in [-0.39, 0.29) is 0 Å². The molecule has 132 valence electrons. The van der Waals surface area contributed by atoms with Crippen LogP contribution in [-0.4, -0.2) is 43.0 Å². The largest absolute Gasteiger partial charge is 0.478 e. The standard InChI is InChI=1S/C14H26N3O3PS2/c1-6-9-22-21(18,20-8-3)23-11-12-10-13(19-7-2)16-14(15-12)17(4)5/h10H,6-9,11H2,1-5H3. The van der Waals surface area contributed by atoms with Gasteiger partial charge in [-0.2, -0.15) is 4.98 Å². The highest BCUT2D eigenvalue weighted by molar-refractivity contribution is 8.89. The van der Waals surface area contributed by atoms with Gasteiger partial charge in [0.1, 0.15) is 0 Å². The molecule has 1 aromatic rings. The second kappa shape index (κ2) is 10.4. The fraction of sp³-hybridized carbons (Fsp3) is 0.714. The molecule has 0 aliphatic carbocycles. The zero-order valence-electron chi connectivity index (χ0n) is 14.4. The van der Waals surface area contributed by atoms with Gasteiger partial charge in [-0.15, -0.1) is 0 Å². The molecule has 0 aliphatic rings. The lowest BCUT2D eigenvalue weighted by molar-refractivity contribution is 0.326. The van der Waals surface area contributed by atoms with Gasteiger partial charge in [-0.05, 0) is 20.3 Å². The molecule has 1 unspecified atom stereocenters. The predicted octanol–water partition coefficient (Wildman–Crippen LogP) is 4.46. The van der Waals surface area contributed by atoms with E-state index in [1.54, 1.807) is 6.07 Å². The van der Waals surface area contributed by atoms with E-state index in [0.717, 1.165) is 17.9 Å². The molecule has 0 saturated carbocycles. The number of aromatic nitrogens is 2. The Hall–Kier alpha value is -0.430. The van der Waals surface area contributed by atoms with Crippen molar-refractivity contribution in [2.45, 2.75) is 32.9 Å². The van der Waals surface area contributed by atoms with Crippen LogP contribution in [0.1, 0.15) is 32.9 Å². The van der Waals surface area contributed by atoms with E-state index in [2.05, 4.69) is 16.9 Å². The summed E-state index contributed by atoms with van der Waals surface area (Å²) < 4.78 is 23.8. The van der Waals surface area contributed by atoms with Crippen LogP contribution in [0.15, 0.2) is 6.07 Å². The first kappa shape index (κ1) is 20.6. The normalized spacial score (nSPS) is 13.6. The first-order valence-electron chi connectivity index (χ1n) is 7.65. The molecule has 0 spiro atoms. The van der Waals surface area contributed by atoms with Gasteiger partial charge in [0.15, 0.2) is 0 Å². The van der Waals surface area contributed by atoms with Crippen LogP contribution in [0.2, 0.25) is 0 Å². The van der Waals surface area contributed by atoms with E-state index in [9.17, 15) is 4.57 Å². The van der Waals surface area contributed by atoms with Gasteiger partial charge in [0, 0.05) is 31.7 Å². The topological polar surface area (TPSA) is 64.6 Å². The van der Waals surface area contributed by atoms with Crippen molar-refractivity contribution in [3.63, 3.8) is 0 Å². The van der Waals surface area contributed by atoms with Gasteiger partial charge < -0.3 is 14.2 Å². The maximum atomic E-state index is 12.8. The molecule has 1 rings (SSSR count). The third kappa shape index (κ3) is 7.33. The monoisotopic (exact) mass is 379 g/mol. The summed E-state index contributed by atoms with van der Waals surface area (Å²) in [5.74, 6) is -0.315. The molecule has 9 heteroatoms. The molecule has 1 heterocycles. The third-order valence-corrected chi connectivity index (χ3v) is 10.1. The van der Waals surface area contributed by atoms with E-state index in [1.165, 1.54) is 22.8 Å².